The lowest BCUT2D eigenvalue weighted by Gasteiger charge is -2.23. The smallest absolute Gasteiger partial charge is 0.335 e. The molecule has 3 atom stereocenters. The first-order chi connectivity index (χ1) is 14.2. The largest absolute Gasteiger partial charge is 0.472 e. The van der Waals surface area contributed by atoms with Gasteiger partial charge in [0.1, 0.15) is 18.6 Å². The lowest BCUT2D eigenvalue weighted by Crippen LogP contribution is -2.41. The van der Waals surface area contributed by atoms with Gasteiger partial charge < -0.3 is 14.4 Å². The van der Waals surface area contributed by atoms with E-state index in [1.54, 1.807) is 12.1 Å². The second-order valence-corrected chi connectivity index (χ2v) is 9.22. The van der Waals surface area contributed by atoms with Crippen LogP contribution < -0.4 is 4.74 Å². The van der Waals surface area contributed by atoms with Crippen LogP contribution in [0.3, 0.4) is 0 Å². The molecule has 9 nitrogen and oxygen atoms in total. The summed E-state index contributed by atoms with van der Waals surface area (Å²) in [6.45, 7) is 0.317. The van der Waals surface area contributed by atoms with E-state index < -0.39 is 22.4 Å². The second-order valence-electron chi connectivity index (χ2n) is 7.31. The molecule has 1 saturated carbocycles. The number of aliphatic hydroxyl groups is 1. The highest BCUT2D eigenvalue weighted by molar-refractivity contribution is 7.83. The van der Waals surface area contributed by atoms with Gasteiger partial charge in [0.15, 0.2) is 0 Å². The number of fused-ring (bicyclic) bond motifs is 1. The summed E-state index contributed by atoms with van der Waals surface area (Å²) in [5.41, 5.74) is 1.57. The van der Waals surface area contributed by atoms with E-state index in [1.165, 1.54) is 13.4 Å². The zero-order chi connectivity index (χ0) is 21.5. The maximum atomic E-state index is 11.4. The minimum absolute atomic E-state index is 0.189. The Morgan fingerprint density at radius 3 is 2.67 bits per heavy atom. The van der Waals surface area contributed by atoms with E-state index in [-0.39, 0.29) is 6.04 Å². The quantitative estimate of drug-likeness (QED) is 0.551. The van der Waals surface area contributed by atoms with Crippen LogP contribution in [0, 0.1) is 0 Å². The van der Waals surface area contributed by atoms with Crippen molar-refractivity contribution < 1.29 is 22.8 Å². The molecule has 1 aromatic carbocycles. The summed E-state index contributed by atoms with van der Waals surface area (Å²) in [6.07, 6.45) is 3.00. The van der Waals surface area contributed by atoms with Gasteiger partial charge >= 0.3 is 10.3 Å². The number of nitrogens with zero attached hydrogens (tertiary/aromatic N) is 4. The Hall–Kier alpha value is -2.24. The molecule has 4 rings (SSSR count). The Morgan fingerprint density at radius 2 is 1.97 bits per heavy atom. The maximum Gasteiger partial charge on any atom is 0.335 e. The highest BCUT2D eigenvalue weighted by atomic mass is 35.5. The summed E-state index contributed by atoms with van der Waals surface area (Å²) in [5.74, 6) is 0.429. The average Bonchev–Trinajstić information content (AvgIpc) is 3.30. The first-order valence-electron chi connectivity index (χ1n) is 9.31. The summed E-state index contributed by atoms with van der Waals surface area (Å²) in [6, 6.07) is 8.25. The number of halogens is 1. The minimum Gasteiger partial charge on any atom is -0.472 e. The van der Waals surface area contributed by atoms with Crippen LogP contribution >= 0.6 is 11.6 Å². The first-order valence-corrected chi connectivity index (χ1v) is 11.1. The number of hydrogen-bond acceptors (Lipinski definition) is 6. The van der Waals surface area contributed by atoms with Crippen molar-refractivity contribution in [3.63, 3.8) is 0 Å². The SMILES string of the molecule is CN([C@H]1C[C@@H](n2ccc3c(OCc4ccc(Cl)cc4)ncnc32)C[C@@H]1O)S(=O)(=O)O. The molecule has 0 amide bonds. The Balaban J connectivity index is 1.55. The summed E-state index contributed by atoms with van der Waals surface area (Å²) in [5, 5.41) is 11.7. The van der Waals surface area contributed by atoms with E-state index >= 15 is 0 Å². The third-order valence-electron chi connectivity index (χ3n) is 5.46. The number of ether oxygens (including phenoxy) is 1. The van der Waals surface area contributed by atoms with Crippen LogP contribution in [0.4, 0.5) is 0 Å². The predicted molar refractivity (Wildman–Crippen MR) is 111 cm³/mol. The fourth-order valence-electron chi connectivity index (χ4n) is 3.85. The normalized spacial score (nSPS) is 22.1. The zero-order valence-electron chi connectivity index (χ0n) is 16.1. The molecule has 0 aliphatic heterocycles. The summed E-state index contributed by atoms with van der Waals surface area (Å²) in [4.78, 5) is 8.58. The predicted octanol–water partition coefficient (Wildman–Crippen LogP) is 2.46. The van der Waals surface area contributed by atoms with Crippen molar-refractivity contribution in [1.29, 1.82) is 0 Å². The van der Waals surface area contributed by atoms with Gasteiger partial charge in [0.05, 0.1) is 17.5 Å². The number of aliphatic hydroxyl groups excluding tert-OH is 1. The monoisotopic (exact) mass is 452 g/mol. The fraction of sp³-hybridized carbons (Fsp3) is 0.368. The van der Waals surface area contributed by atoms with Gasteiger partial charge in [0, 0.05) is 24.3 Å². The molecular weight excluding hydrogens is 432 g/mol. The fourth-order valence-corrected chi connectivity index (χ4v) is 4.54. The van der Waals surface area contributed by atoms with E-state index in [0.717, 1.165) is 9.87 Å². The summed E-state index contributed by atoms with van der Waals surface area (Å²) in [7, 11) is -3.13. The van der Waals surface area contributed by atoms with Crippen LogP contribution in [0.1, 0.15) is 24.4 Å². The van der Waals surface area contributed by atoms with Crippen LogP contribution in [0.25, 0.3) is 11.0 Å². The van der Waals surface area contributed by atoms with E-state index in [2.05, 4.69) is 9.97 Å². The summed E-state index contributed by atoms with van der Waals surface area (Å²) < 4.78 is 40.7. The van der Waals surface area contributed by atoms with Crippen LogP contribution in [0.5, 0.6) is 5.88 Å². The van der Waals surface area contributed by atoms with Gasteiger partial charge in [-0.25, -0.2) is 9.97 Å². The Morgan fingerprint density at radius 1 is 1.23 bits per heavy atom. The molecule has 2 heterocycles. The zero-order valence-corrected chi connectivity index (χ0v) is 17.7. The third kappa shape index (κ3) is 4.14. The van der Waals surface area contributed by atoms with Gasteiger partial charge in [-0.1, -0.05) is 23.7 Å². The van der Waals surface area contributed by atoms with Crippen molar-refractivity contribution in [3.05, 3.63) is 53.4 Å². The van der Waals surface area contributed by atoms with Crippen LogP contribution in [0.2, 0.25) is 5.02 Å². The number of likely N-dealkylation sites (N-methyl/N-ethyl adjacent to an activating group) is 1. The standard InChI is InChI=1S/C19H21ClN4O5S/c1-23(30(26,27)28)16-8-14(9-17(16)25)24-7-6-15-18(24)21-11-22-19(15)29-10-12-2-4-13(20)5-3-12/h2-7,11,14,16-17,25H,8-10H2,1H3,(H,26,27,28)/t14-,16+,17+/m1/s1. The molecule has 1 fully saturated rings. The van der Waals surface area contributed by atoms with Crippen LogP contribution in [0.15, 0.2) is 42.9 Å². The van der Waals surface area contributed by atoms with Crippen molar-refractivity contribution in [2.45, 2.75) is 37.6 Å². The number of hydrogen-bond donors (Lipinski definition) is 2. The number of benzene rings is 1. The Labute approximate surface area is 178 Å². The lowest BCUT2D eigenvalue weighted by atomic mass is 10.2. The molecule has 0 saturated heterocycles. The molecule has 3 aromatic rings. The highest BCUT2D eigenvalue weighted by Gasteiger charge is 2.40. The van der Waals surface area contributed by atoms with E-state index in [0.29, 0.717) is 41.4 Å². The molecule has 1 aliphatic carbocycles. The molecule has 0 unspecified atom stereocenters. The first kappa shape index (κ1) is 21.0. The molecule has 11 heteroatoms. The second kappa shape index (κ2) is 8.12. The minimum atomic E-state index is -4.39. The topological polar surface area (TPSA) is 118 Å². The molecule has 0 bridgehead atoms. The third-order valence-corrected chi connectivity index (χ3v) is 6.71. The molecule has 1 aliphatic rings. The highest BCUT2D eigenvalue weighted by Crippen LogP contribution is 2.36. The Kier molecular flexibility index (Phi) is 5.69. The molecule has 0 radical (unpaired) electrons. The van der Waals surface area contributed by atoms with Gasteiger partial charge in [-0.3, -0.25) is 4.55 Å². The molecule has 0 spiro atoms. The van der Waals surface area contributed by atoms with E-state index in [9.17, 15) is 18.1 Å². The van der Waals surface area contributed by atoms with Gasteiger partial charge in [-0.2, -0.15) is 12.7 Å². The average molecular weight is 453 g/mol. The van der Waals surface area contributed by atoms with Crippen molar-refractivity contribution in [3.8, 4) is 5.88 Å². The molecule has 30 heavy (non-hydrogen) atoms. The molecule has 160 valence electrons. The van der Waals surface area contributed by atoms with Gasteiger partial charge in [-0.05, 0) is 36.6 Å². The number of rotatable bonds is 6. The lowest BCUT2D eigenvalue weighted by molar-refractivity contribution is 0.117. The van der Waals surface area contributed by atoms with Crippen molar-refractivity contribution in [2.24, 2.45) is 0 Å². The molecule has 2 aromatic heterocycles. The maximum absolute atomic E-state index is 11.4. The van der Waals surface area contributed by atoms with Crippen molar-refractivity contribution in [2.75, 3.05) is 7.05 Å². The summed E-state index contributed by atoms with van der Waals surface area (Å²) >= 11 is 5.90. The molecule has 2 N–H and O–H groups in total. The van der Waals surface area contributed by atoms with Gasteiger partial charge in [0.25, 0.3) is 0 Å². The Bertz CT molecular complexity index is 1150. The van der Waals surface area contributed by atoms with Gasteiger partial charge in [-0.15, -0.1) is 0 Å². The molecular formula is C19H21ClN4O5S. The van der Waals surface area contributed by atoms with Crippen molar-refractivity contribution >= 4 is 32.9 Å². The van der Waals surface area contributed by atoms with Gasteiger partial charge in [0.2, 0.25) is 5.88 Å². The van der Waals surface area contributed by atoms with E-state index in [1.807, 2.05) is 29.0 Å². The van der Waals surface area contributed by atoms with Crippen molar-refractivity contribution in [1.82, 2.24) is 18.8 Å². The van der Waals surface area contributed by atoms with Crippen LogP contribution in [-0.2, 0) is 16.9 Å². The number of aromatic nitrogens is 3. The van der Waals surface area contributed by atoms with E-state index in [4.69, 9.17) is 16.3 Å². The van der Waals surface area contributed by atoms with Crippen LogP contribution in [-0.4, -0.2) is 56.1 Å².